The van der Waals surface area contributed by atoms with Gasteiger partial charge >= 0.3 is 0 Å². The van der Waals surface area contributed by atoms with Crippen LogP contribution in [0.3, 0.4) is 0 Å². The van der Waals surface area contributed by atoms with E-state index in [1.54, 1.807) is 43.3 Å². The molecule has 4 rings (SSSR count). The maximum atomic E-state index is 13.1. The Bertz CT molecular complexity index is 1200. The van der Waals surface area contributed by atoms with E-state index >= 15 is 0 Å². The quantitative estimate of drug-likeness (QED) is 0.414. The highest BCUT2D eigenvalue weighted by atomic mass is 32.2. The third-order valence-electron chi connectivity index (χ3n) is 4.11. The van der Waals surface area contributed by atoms with E-state index in [2.05, 4.69) is 30.6 Å². The Morgan fingerprint density at radius 1 is 1.07 bits per heavy atom. The Labute approximate surface area is 167 Å². The van der Waals surface area contributed by atoms with Crippen LogP contribution < -0.4 is 10.6 Å². The number of benzene rings is 2. The van der Waals surface area contributed by atoms with Crippen molar-refractivity contribution in [2.24, 2.45) is 0 Å². The first-order chi connectivity index (χ1) is 14.0. The molecule has 0 fully saturated rings. The van der Waals surface area contributed by atoms with Gasteiger partial charge in [0.25, 0.3) is 0 Å². The third kappa shape index (κ3) is 4.39. The van der Waals surface area contributed by atoms with E-state index in [1.165, 1.54) is 12.1 Å². The zero-order valence-electron chi connectivity index (χ0n) is 15.3. The molecular formula is C19H16FN6O2S-. The maximum absolute atomic E-state index is 13.1. The van der Waals surface area contributed by atoms with Gasteiger partial charge in [0.05, 0.1) is 0 Å². The standard InChI is InChI=1S/C19H17FN6O2S/c1-11-21-16-17(22-11)25-19(23-14-8-6-13(20)7-9-14)26-18(16)24-15-5-3-2-4-12(15)10-29(27)28/h2-9H,10H2,1H3,(H,27,28)(H3,21,22,23,24,25,26)/p-1. The number of hydrogen-bond donors (Lipinski definition) is 3. The summed E-state index contributed by atoms with van der Waals surface area (Å²) in [6, 6.07) is 12.9. The monoisotopic (exact) mass is 411 g/mol. The fourth-order valence-corrected chi connectivity index (χ4v) is 3.35. The van der Waals surface area contributed by atoms with Gasteiger partial charge in [0, 0.05) is 17.1 Å². The van der Waals surface area contributed by atoms with Crippen LogP contribution in [0.4, 0.5) is 27.5 Å². The molecule has 0 radical (unpaired) electrons. The summed E-state index contributed by atoms with van der Waals surface area (Å²) in [5.41, 5.74) is 2.86. The SMILES string of the molecule is Cc1nc2nc(Nc3ccc(F)cc3)nc(Nc3ccccc3CS(=O)[O-])c2[nH]1. The highest BCUT2D eigenvalue weighted by molar-refractivity contribution is 7.78. The van der Waals surface area contributed by atoms with Crippen molar-refractivity contribution in [3.05, 3.63) is 65.7 Å². The minimum absolute atomic E-state index is 0.125. The lowest BCUT2D eigenvalue weighted by Gasteiger charge is -2.14. The molecule has 0 saturated heterocycles. The fourth-order valence-electron chi connectivity index (χ4n) is 2.84. The molecular weight excluding hydrogens is 395 g/mol. The van der Waals surface area contributed by atoms with Crippen LogP contribution in [0.15, 0.2) is 48.5 Å². The lowest BCUT2D eigenvalue weighted by molar-refractivity contribution is 0.536. The number of H-pyrrole nitrogens is 1. The zero-order chi connectivity index (χ0) is 20.4. The second-order valence-electron chi connectivity index (χ2n) is 6.28. The molecule has 3 N–H and O–H groups in total. The molecule has 0 spiro atoms. The average Bonchev–Trinajstić information content (AvgIpc) is 3.05. The lowest BCUT2D eigenvalue weighted by Crippen LogP contribution is -2.04. The molecule has 0 saturated carbocycles. The van der Waals surface area contributed by atoms with Crippen LogP contribution in [0.25, 0.3) is 11.2 Å². The number of imidazole rings is 1. The van der Waals surface area contributed by atoms with Gasteiger partial charge in [0.2, 0.25) is 5.95 Å². The van der Waals surface area contributed by atoms with E-state index in [0.717, 1.165) is 0 Å². The highest BCUT2D eigenvalue weighted by Crippen LogP contribution is 2.27. The zero-order valence-corrected chi connectivity index (χ0v) is 16.1. The number of halogens is 1. The number of aryl methyl sites for hydroxylation is 1. The number of fused-ring (bicyclic) bond motifs is 1. The Morgan fingerprint density at radius 3 is 2.59 bits per heavy atom. The molecule has 2 aromatic carbocycles. The van der Waals surface area contributed by atoms with E-state index in [9.17, 15) is 13.2 Å². The van der Waals surface area contributed by atoms with Crippen molar-refractivity contribution in [2.75, 3.05) is 10.6 Å². The van der Waals surface area contributed by atoms with Gasteiger partial charge in [0.15, 0.2) is 11.5 Å². The molecule has 0 aliphatic rings. The molecule has 1 atom stereocenters. The molecule has 29 heavy (non-hydrogen) atoms. The number of nitrogens with one attached hydrogen (secondary N) is 3. The Balaban J connectivity index is 1.73. The van der Waals surface area contributed by atoms with Gasteiger partial charge in [-0.25, -0.2) is 9.37 Å². The lowest BCUT2D eigenvalue weighted by atomic mass is 10.2. The topological polar surface area (TPSA) is 119 Å². The molecule has 10 heteroatoms. The largest absolute Gasteiger partial charge is 0.772 e. The summed E-state index contributed by atoms with van der Waals surface area (Å²) >= 11 is -2.23. The van der Waals surface area contributed by atoms with Gasteiger partial charge in [-0.2, -0.15) is 9.97 Å². The summed E-state index contributed by atoms with van der Waals surface area (Å²) in [5.74, 6) is 0.891. The molecule has 2 aromatic heterocycles. The number of hydrogen-bond acceptors (Lipinski definition) is 7. The number of rotatable bonds is 6. The summed E-state index contributed by atoms with van der Waals surface area (Å²) in [6.07, 6.45) is 0. The molecule has 4 aromatic rings. The predicted octanol–water partition coefficient (Wildman–Crippen LogP) is 3.67. The van der Waals surface area contributed by atoms with E-state index in [1.807, 2.05) is 0 Å². The van der Waals surface area contributed by atoms with E-state index in [0.29, 0.717) is 39.7 Å². The third-order valence-corrected chi connectivity index (χ3v) is 4.66. The Kier molecular flexibility index (Phi) is 5.19. The Morgan fingerprint density at radius 2 is 1.83 bits per heavy atom. The van der Waals surface area contributed by atoms with E-state index < -0.39 is 11.1 Å². The summed E-state index contributed by atoms with van der Waals surface area (Å²) in [4.78, 5) is 16.4. The van der Waals surface area contributed by atoms with E-state index in [-0.39, 0.29) is 17.5 Å². The van der Waals surface area contributed by atoms with Crippen LogP contribution in [-0.4, -0.2) is 28.7 Å². The first kappa shape index (κ1) is 19.0. The van der Waals surface area contributed by atoms with Crippen LogP contribution in [-0.2, 0) is 16.8 Å². The van der Waals surface area contributed by atoms with Gasteiger partial charge < -0.3 is 20.2 Å². The molecule has 0 aliphatic carbocycles. The molecule has 148 valence electrons. The van der Waals surface area contributed by atoms with Crippen LogP contribution in [0.2, 0.25) is 0 Å². The van der Waals surface area contributed by atoms with Crippen LogP contribution in [0.1, 0.15) is 11.4 Å². The van der Waals surface area contributed by atoms with Crippen LogP contribution in [0.5, 0.6) is 0 Å². The maximum Gasteiger partial charge on any atom is 0.231 e. The van der Waals surface area contributed by atoms with Gasteiger partial charge in [-0.05, 0) is 42.8 Å². The highest BCUT2D eigenvalue weighted by Gasteiger charge is 2.13. The minimum atomic E-state index is -2.23. The Hall–Kier alpha value is -3.37. The van der Waals surface area contributed by atoms with Crippen molar-refractivity contribution in [3.8, 4) is 0 Å². The first-order valence-electron chi connectivity index (χ1n) is 8.65. The average molecular weight is 411 g/mol. The van der Waals surface area contributed by atoms with Gasteiger partial charge in [-0.3, -0.25) is 4.21 Å². The second kappa shape index (κ2) is 7.94. The summed E-state index contributed by atoms with van der Waals surface area (Å²) in [7, 11) is 0. The smallest absolute Gasteiger partial charge is 0.231 e. The molecule has 2 heterocycles. The fraction of sp³-hybridized carbons (Fsp3) is 0.105. The number of nitrogens with zero attached hydrogens (tertiary/aromatic N) is 3. The van der Waals surface area contributed by atoms with Crippen molar-refractivity contribution in [1.29, 1.82) is 0 Å². The van der Waals surface area contributed by atoms with Crippen molar-refractivity contribution < 1.29 is 13.2 Å². The molecule has 0 amide bonds. The van der Waals surface area contributed by atoms with Crippen molar-refractivity contribution >= 4 is 45.4 Å². The summed E-state index contributed by atoms with van der Waals surface area (Å²) in [5, 5.41) is 6.20. The van der Waals surface area contributed by atoms with Crippen LogP contribution in [0, 0.1) is 12.7 Å². The number of anilines is 4. The van der Waals surface area contributed by atoms with E-state index in [4.69, 9.17) is 0 Å². The van der Waals surface area contributed by atoms with Gasteiger partial charge in [0.1, 0.15) is 17.2 Å². The van der Waals surface area contributed by atoms with Gasteiger partial charge in [-0.1, -0.05) is 29.3 Å². The minimum Gasteiger partial charge on any atom is -0.772 e. The molecule has 0 aliphatic heterocycles. The second-order valence-corrected chi connectivity index (χ2v) is 7.17. The molecule has 8 nitrogen and oxygen atoms in total. The van der Waals surface area contributed by atoms with Crippen molar-refractivity contribution in [3.63, 3.8) is 0 Å². The summed E-state index contributed by atoms with van der Waals surface area (Å²) < 4.78 is 35.5. The predicted molar refractivity (Wildman–Crippen MR) is 108 cm³/mol. The van der Waals surface area contributed by atoms with Crippen molar-refractivity contribution in [2.45, 2.75) is 12.7 Å². The number of para-hydroxylation sites is 1. The molecule has 1 unspecified atom stereocenters. The number of aromatic nitrogens is 4. The first-order valence-corrected chi connectivity index (χ1v) is 9.90. The molecule has 0 bridgehead atoms. The number of aromatic amines is 1. The van der Waals surface area contributed by atoms with Gasteiger partial charge in [-0.15, -0.1) is 0 Å². The normalized spacial score (nSPS) is 12.1. The summed E-state index contributed by atoms with van der Waals surface area (Å²) in [6.45, 7) is 1.80. The van der Waals surface area contributed by atoms with Crippen LogP contribution >= 0.6 is 0 Å². The van der Waals surface area contributed by atoms with Crippen molar-refractivity contribution in [1.82, 2.24) is 19.9 Å².